The summed E-state index contributed by atoms with van der Waals surface area (Å²) in [6, 6.07) is 14.0. The van der Waals surface area contributed by atoms with Gasteiger partial charge in [-0.1, -0.05) is 42.0 Å². The van der Waals surface area contributed by atoms with Crippen molar-refractivity contribution in [3.8, 4) is 0 Å². The molecule has 4 nitrogen and oxygen atoms in total. The van der Waals surface area contributed by atoms with Gasteiger partial charge in [-0.05, 0) is 37.1 Å². The van der Waals surface area contributed by atoms with Crippen molar-refractivity contribution >= 4 is 15.8 Å². The second-order valence-electron chi connectivity index (χ2n) is 5.98. The van der Waals surface area contributed by atoms with Crippen molar-refractivity contribution in [3.63, 3.8) is 0 Å². The van der Waals surface area contributed by atoms with E-state index in [0.717, 1.165) is 16.7 Å². The third-order valence-electron chi connectivity index (χ3n) is 4.20. The summed E-state index contributed by atoms with van der Waals surface area (Å²) >= 11 is 0. The molecule has 0 radical (unpaired) electrons. The minimum atomic E-state index is -3.64. The first-order chi connectivity index (χ1) is 10.9. The van der Waals surface area contributed by atoms with E-state index in [1.54, 1.807) is 24.3 Å². The maximum atomic E-state index is 13.0. The van der Waals surface area contributed by atoms with E-state index in [4.69, 9.17) is 0 Å². The molecule has 1 aliphatic heterocycles. The molecule has 1 aliphatic rings. The van der Waals surface area contributed by atoms with Crippen LogP contribution in [-0.4, -0.2) is 18.5 Å². The Morgan fingerprint density at radius 2 is 1.78 bits per heavy atom. The number of Topliss-reactive ketones (excluding diaryl/α,β-unsaturated/α-hetero) is 1. The summed E-state index contributed by atoms with van der Waals surface area (Å²) < 4.78 is 27.5. The summed E-state index contributed by atoms with van der Waals surface area (Å²) in [6.07, 6.45) is 0.197. The third-order valence-corrected chi connectivity index (χ3v) is 6.07. The van der Waals surface area contributed by atoms with Gasteiger partial charge < -0.3 is 0 Å². The van der Waals surface area contributed by atoms with Gasteiger partial charge in [0, 0.05) is 13.0 Å². The minimum Gasteiger partial charge on any atom is -0.300 e. The molecule has 1 unspecified atom stereocenters. The molecule has 23 heavy (non-hydrogen) atoms. The Kier molecular flexibility index (Phi) is 4.08. The largest absolute Gasteiger partial charge is 0.300 e. The fraction of sp³-hybridized carbons (Fsp3) is 0.278. The SMILES string of the molecule is CC(=O)CC1c2ccccc2CN1S(=O)(=O)c1ccc(C)cc1. The van der Waals surface area contributed by atoms with E-state index in [2.05, 4.69) is 0 Å². The lowest BCUT2D eigenvalue weighted by atomic mass is 10.0. The van der Waals surface area contributed by atoms with Gasteiger partial charge in [0.2, 0.25) is 10.0 Å². The molecule has 0 aliphatic carbocycles. The number of hydrogen-bond donors (Lipinski definition) is 0. The number of carbonyl (C=O) groups is 1. The zero-order valence-corrected chi connectivity index (χ0v) is 14.0. The van der Waals surface area contributed by atoms with Crippen LogP contribution < -0.4 is 0 Å². The van der Waals surface area contributed by atoms with Crippen molar-refractivity contribution in [1.29, 1.82) is 0 Å². The number of aryl methyl sites for hydroxylation is 1. The molecule has 2 aromatic carbocycles. The van der Waals surface area contributed by atoms with Crippen LogP contribution in [0.4, 0.5) is 0 Å². The number of fused-ring (bicyclic) bond motifs is 1. The van der Waals surface area contributed by atoms with Crippen LogP contribution in [0.2, 0.25) is 0 Å². The Morgan fingerprint density at radius 3 is 2.43 bits per heavy atom. The van der Waals surface area contributed by atoms with Crippen molar-refractivity contribution in [2.24, 2.45) is 0 Å². The van der Waals surface area contributed by atoms with Crippen LogP contribution in [0, 0.1) is 6.92 Å². The molecule has 1 atom stereocenters. The van der Waals surface area contributed by atoms with Gasteiger partial charge in [0.25, 0.3) is 0 Å². The maximum Gasteiger partial charge on any atom is 0.243 e. The number of hydrogen-bond acceptors (Lipinski definition) is 3. The van der Waals surface area contributed by atoms with Gasteiger partial charge >= 0.3 is 0 Å². The van der Waals surface area contributed by atoms with Gasteiger partial charge in [-0.25, -0.2) is 8.42 Å². The molecule has 0 saturated heterocycles. The predicted molar refractivity (Wildman–Crippen MR) is 88.4 cm³/mol. The monoisotopic (exact) mass is 329 g/mol. The highest BCUT2D eigenvalue weighted by atomic mass is 32.2. The van der Waals surface area contributed by atoms with E-state index < -0.39 is 16.1 Å². The molecule has 0 spiro atoms. The second kappa shape index (κ2) is 5.91. The first-order valence-electron chi connectivity index (χ1n) is 7.55. The minimum absolute atomic E-state index is 0.0178. The van der Waals surface area contributed by atoms with Crippen LogP contribution in [0.1, 0.15) is 36.1 Å². The highest BCUT2D eigenvalue weighted by Gasteiger charge is 2.39. The quantitative estimate of drug-likeness (QED) is 0.865. The lowest BCUT2D eigenvalue weighted by molar-refractivity contribution is -0.117. The van der Waals surface area contributed by atoms with Crippen LogP contribution in [0.3, 0.4) is 0 Å². The average molecular weight is 329 g/mol. The van der Waals surface area contributed by atoms with Crippen molar-refractivity contribution in [2.75, 3.05) is 0 Å². The number of sulfonamides is 1. The zero-order chi connectivity index (χ0) is 16.6. The van der Waals surface area contributed by atoms with Gasteiger partial charge in [0.05, 0.1) is 10.9 Å². The fourth-order valence-corrected chi connectivity index (χ4v) is 4.60. The summed E-state index contributed by atoms with van der Waals surface area (Å²) in [4.78, 5) is 11.9. The van der Waals surface area contributed by atoms with E-state index in [1.165, 1.54) is 11.2 Å². The highest BCUT2D eigenvalue weighted by Crippen LogP contribution is 2.39. The average Bonchev–Trinajstić information content (AvgIpc) is 2.87. The summed E-state index contributed by atoms with van der Waals surface area (Å²) in [5, 5.41) is 0. The number of ketones is 1. The second-order valence-corrected chi connectivity index (χ2v) is 7.87. The summed E-state index contributed by atoms with van der Waals surface area (Å²) in [5.74, 6) is -0.0178. The van der Waals surface area contributed by atoms with Gasteiger partial charge in [0.15, 0.2) is 0 Å². The molecule has 0 fully saturated rings. The van der Waals surface area contributed by atoms with Crippen LogP contribution in [0.25, 0.3) is 0 Å². The lowest BCUT2D eigenvalue weighted by Gasteiger charge is -2.24. The first-order valence-corrected chi connectivity index (χ1v) is 8.99. The summed E-state index contributed by atoms with van der Waals surface area (Å²) in [7, 11) is -3.64. The van der Waals surface area contributed by atoms with Crippen LogP contribution in [-0.2, 0) is 21.4 Å². The number of rotatable bonds is 4. The molecule has 5 heteroatoms. The number of nitrogens with zero attached hydrogens (tertiary/aromatic N) is 1. The molecule has 0 bridgehead atoms. The molecule has 120 valence electrons. The number of benzene rings is 2. The van der Waals surface area contributed by atoms with Gasteiger partial charge in [-0.3, -0.25) is 4.79 Å². The Hall–Kier alpha value is -1.98. The van der Waals surface area contributed by atoms with E-state index in [1.807, 2.05) is 31.2 Å². The fourth-order valence-electron chi connectivity index (χ4n) is 3.02. The molecule has 0 aromatic heterocycles. The van der Waals surface area contributed by atoms with E-state index in [9.17, 15) is 13.2 Å². The zero-order valence-electron chi connectivity index (χ0n) is 13.2. The lowest BCUT2D eigenvalue weighted by Crippen LogP contribution is -2.30. The Morgan fingerprint density at radius 1 is 1.13 bits per heavy atom. The summed E-state index contributed by atoms with van der Waals surface area (Å²) in [5.41, 5.74) is 2.90. The smallest absolute Gasteiger partial charge is 0.243 e. The van der Waals surface area contributed by atoms with Crippen LogP contribution in [0.15, 0.2) is 53.4 Å². The van der Waals surface area contributed by atoms with Gasteiger partial charge in [-0.2, -0.15) is 4.31 Å². The number of carbonyl (C=O) groups excluding carboxylic acids is 1. The molecule has 0 saturated carbocycles. The Balaban J connectivity index is 2.04. The van der Waals surface area contributed by atoms with Crippen molar-refractivity contribution in [2.45, 2.75) is 37.8 Å². The van der Waals surface area contributed by atoms with E-state index in [-0.39, 0.29) is 17.1 Å². The molecular weight excluding hydrogens is 310 g/mol. The molecule has 0 amide bonds. The van der Waals surface area contributed by atoms with Crippen molar-refractivity contribution in [1.82, 2.24) is 4.31 Å². The molecule has 2 aromatic rings. The van der Waals surface area contributed by atoms with E-state index >= 15 is 0 Å². The molecule has 0 N–H and O–H groups in total. The molecule has 3 rings (SSSR count). The standard InChI is InChI=1S/C18H19NO3S/c1-13-7-9-16(10-8-13)23(21,22)19-12-15-5-3-4-6-17(15)18(19)11-14(2)20/h3-10,18H,11-12H2,1-2H3. The van der Waals surface area contributed by atoms with Crippen LogP contribution >= 0.6 is 0 Å². The van der Waals surface area contributed by atoms with E-state index in [0.29, 0.717) is 6.54 Å². The van der Waals surface area contributed by atoms with Crippen molar-refractivity contribution < 1.29 is 13.2 Å². The Bertz CT molecular complexity index is 841. The Labute approximate surface area is 136 Å². The first kappa shape index (κ1) is 15.9. The maximum absolute atomic E-state index is 13.0. The third kappa shape index (κ3) is 2.94. The predicted octanol–water partition coefficient (Wildman–Crippen LogP) is 3.22. The summed E-state index contributed by atoms with van der Waals surface area (Å²) in [6.45, 7) is 3.72. The molecule has 1 heterocycles. The van der Waals surface area contributed by atoms with Gasteiger partial charge in [-0.15, -0.1) is 0 Å². The van der Waals surface area contributed by atoms with Gasteiger partial charge in [0.1, 0.15) is 5.78 Å². The highest BCUT2D eigenvalue weighted by molar-refractivity contribution is 7.89. The van der Waals surface area contributed by atoms with Crippen LogP contribution in [0.5, 0.6) is 0 Å². The topological polar surface area (TPSA) is 54.5 Å². The molecular formula is C18H19NO3S. The normalized spacial score (nSPS) is 17.9. The van der Waals surface area contributed by atoms with Crippen molar-refractivity contribution in [3.05, 3.63) is 65.2 Å².